The maximum absolute atomic E-state index is 11.0. The standard InChI is InChI=1S/C18H28N2O5/c1-17(2)9-13(21)10-18(3,4)19(17)11-14(22)12-25-16-8-6-5-7-15(16)20(23)24/h5-8,13-14,21-22H,9-12H2,1-4H3/t14-/m1/s1. The van der Waals surface area contributed by atoms with Gasteiger partial charge in [-0.05, 0) is 46.6 Å². The van der Waals surface area contributed by atoms with Crippen LogP contribution in [0.25, 0.3) is 0 Å². The summed E-state index contributed by atoms with van der Waals surface area (Å²) in [5.74, 6) is 0.152. The molecule has 0 saturated carbocycles. The fourth-order valence-electron chi connectivity index (χ4n) is 3.94. The van der Waals surface area contributed by atoms with E-state index in [0.717, 1.165) is 0 Å². The first-order valence-electron chi connectivity index (χ1n) is 8.53. The van der Waals surface area contributed by atoms with Crippen molar-refractivity contribution in [3.05, 3.63) is 34.4 Å². The van der Waals surface area contributed by atoms with E-state index >= 15 is 0 Å². The summed E-state index contributed by atoms with van der Waals surface area (Å²) in [6, 6.07) is 6.13. The Kier molecular flexibility index (Phi) is 5.71. The summed E-state index contributed by atoms with van der Waals surface area (Å²) in [4.78, 5) is 12.7. The largest absolute Gasteiger partial charge is 0.484 e. The molecule has 0 aromatic heterocycles. The number of nitro benzene ring substituents is 1. The van der Waals surface area contributed by atoms with Crippen LogP contribution in [0.4, 0.5) is 5.69 Å². The van der Waals surface area contributed by atoms with E-state index < -0.39 is 11.0 Å². The molecule has 1 aliphatic heterocycles. The number of piperidine rings is 1. The van der Waals surface area contributed by atoms with Gasteiger partial charge in [-0.1, -0.05) is 12.1 Å². The zero-order valence-corrected chi connectivity index (χ0v) is 15.3. The number of β-amino-alcohol motifs (C(OH)–C–C–N with tert-alkyl or cyclic N) is 1. The number of para-hydroxylation sites is 2. The summed E-state index contributed by atoms with van der Waals surface area (Å²) in [7, 11) is 0. The highest BCUT2D eigenvalue weighted by atomic mass is 16.6. The van der Waals surface area contributed by atoms with Gasteiger partial charge in [0, 0.05) is 23.7 Å². The molecule has 25 heavy (non-hydrogen) atoms. The Bertz CT molecular complexity index is 599. The molecular weight excluding hydrogens is 324 g/mol. The van der Waals surface area contributed by atoms with Gasteiger partial charge in [-0.2, -0.15) is 0 Å². The molecule has 0 radical (unpaired) electrons. The highest BCUT2D eigenvalue weighted by Gasteiger charge is 2.45. The maximum atomic E-state index is 11.0. The molecule has 2 N–H and O–H groups in total. The van der Waals surface area contributed by atoms with Gasteiger partial charge in [0.1, 0.15) is 12.7 Å². The topological polar surface area (TPSA) is 96.1 Å². The van der Waals surface area contributed by atoms with Crippen LogP contribution in [-0.4, -0.2) is 56.5 Å². The summed E-state index contributed by atoms with van der Waals surface area (Å²) < 4.78 is 5.49. The van der Waals surface area contributed by atoms with E-state index in [4.69, 9.17) is 4.74 Å². The second kappa shape index (κ2) is 7.27. The van der Waals surface area contributed by atoms with Crippen LogP contribution in [0.1, 0.15) is 40.5 Å². The number of nitrogens with zero attached hydrogens (tertiary/aromatic N) is 2. The van der Waals surface area contributed by atoms with Crippen molar-refractivity contribution in [2.45, 2.75) is 63.8 Å². The van der Waals surface area contributed by atoms with Crippen LogP contribution in [0.3, 0.4) is 0 Å². The van der Waals surface area contributed by atoms with Gasteiger partial charge >= 0.3 is 5.69 Å². The lowest BCUT2D eigenvalue weighted by molar-refractivity contribution is -0.385. The Hall–Kier alpha value is -1.70. The summed E-state index contributed by atoms with van der Waals surface area (Å²) >= 11 is 0. The van der Waals surface area contributed by atoms with E-state index in [0.29, 0.717) is 19.4 Å². The predicted octanol–water partition coefficient (Wildman–Crippen LogP) is 2.35. The fraction of sp³-hybridized carbons (Fsp3) is 0.667. The minimum absolute atomic E-state index is 0.0317. The lowest BCUT2D eigenvalue weighted by Gasteiger charge is -2.54. The average molecular weight is 352 g/mol. The first-order chi connectivity index (χ1) is 11.5. The Morgan fingerprint density at radius 1 is 1.28 bits per heavy atom. The number of aliphatic hydroxyl groups is 2. The lowest BCUT2D eigenvalue weighted by atomic mass is 9.78. The molecule has 7 nitrogen and oxygen atoms in total. The van der Waals surface area contributed by atoms with E-state index in [9.17, 15) is 20.3 Å². The quantitative estimate of drug-likeness (QED) is 0.603. The number of hydrogen-bond acceptors (Lipinski definition) is 6. The van der Waals surface area contributed by atoms with Gasteiger partial charge < -0.3 is 14.9 Å². The van der Waals surface area contributed by atoms with Crippen molar-refractivity contribution in [3.63, 3.8) is 0 Å². The highest BCUT2D eigenvalue weighted by molar-refractivity contribution is 5.45. The van der Waals surface area contributed by atoms with Gasteiger partial charge in [-0.3, -0.25) is 15.0 Å². The summed E-state index contributed by atoms with van der Waals surface area (Å²) in [5.41, 5.74) is -0.640. The number of hydrogen-bond donors (Lipinski definition) is 2. The van der Waals surface area contributed by atoms with Crippen molar-refractivity contribution in [1.29, 1.82) is 0 Å². The van der Waals surface area contributed by atoms with Crippen LogP contribution in [0.15, 0.2) is 24.3 Å². The van der Waals surface area contributed by atoms with Crippen molar-refractivity contribution >= 4 is 5.69 Å². The number of likely N-dealkylation sites (tertiary alicyclic amines) is 1. The third-order valence-electron chi connectivity index (χ3n) is 4.82. The van der Waals surface area contributed by atoms with Crippen LogP contribution in [0, 0.1) is 10.1 Å². The fourth-order valence-corrected chi connectivity index (χ4v) is 3.94. The Labute approximate surface area is 148 Å². The molecule has 1 aromatic carbocycles. The number of rotatable bonds is 6. The number of nitro groups is 1. The molecule has 1 saturated heterocycles. The van der Waals surface area contributed by atoms with E-state index in [1.165, 1.54) is 12.1 Å². The Morgan fingerprint density at radius 3 is 2.40 bits per heavy atom. The zero-order valence-electron chi connectivity index (χ0n) is 15.3. The van der Waals surface area contributed by atoms with Gasteiger partial charge in [0.25, 0.3) is 0 Å². The summed E-state index contributed by atoms with van der Waals surface area (Å²) in [6.07, 6.45) is 0.109. The minimum Gasteiger partial charge on any atom is -0.484 e. The van der Waals surface area contributed by atoms with Gasteiger partial charge in [-0.15, -0.1) is 0 Å². The van der Waals surface area contributed by atoms with Crippen molar-refractivity contribution in [2.75, 3.05) is 13.2 Å². The van der Waals surface area contributed by atoms with Crippen molar-refractivity contribution in [1.82, 2.24) is 4.90 Å². The Balaban J connectivity index is 2.02. The number of ether oxygens (including phenoxy) is 1. The van der Waals surface area contributed by atoms with E-state index in [-0.39, 0.29) is 35.2 Å². The van der Waals surface area contributed by atoms with Gasteiger partial charge in [0.2, 0.25) is 0 Å². The van der Waals surface area contributed by atoms with Gasteiger partial charge in [-0.25, -0.2) is 0 Å². The maximum Gasteiger partial charge on any atom is 0.310 e. The van der Waals surface area contributed by atoms with Crippen molar-refractivity contribution in [3.8, 4) is 5.75 Å². The molecule has 0 unspecified atom stereocenters. The van der Waals surface area contributed by atoms with Crippen LogP contribution in [0.5, 0.6) is 5.75 Å². The normalized spacial score (nSPS) is 21.7. The first-order valence-corrected chi connectivity index (χ1v) is 8.53. The molecule has 1 atom stereocenters. The highest BCUT2D eigenvalue weighted by Crippen LogP contribution is 2.38. The molecule has 0 aliphatic carbocycles. The van der Waals surface area contributed by atoms with Crippen LogP contribution >= 0.6 is 0 Å². The molecule has 0 bridgehead atoms. The first kappa shape index (κ1) is 19.6. The van der Waals surface area contributed by atoms with Crippen molar-refractivity contribution < 1.29 is 19.9 Å². The molecule has 2 rings (SSSR count). The minimum atomic E-state index is -0.798. The molecule has 1 aromatic rings. The summed E-state index contributed by atoms with van der Waals surface area (Å²) in [6.45, 7) is 8.53. The number of benzene rings is 1. The van der Waals surface area contributed by atoms with Gasteiger partial charge in [0.15, 0.2) is 5.75 Å². The smallest absolute Gasteiger partial charge is 0.310 e. The van der Waals surface area contributed by atoms with Crippen LogP contribution in [0.2, 0.25) is 0 Å². The molecule has 1 heterocycles. The van der Waals surface area contributed by atoms with Crippen LogP contribution < -0.4 is 4.74 Å². The second-order valence-corrected chi connectivity index (χ2v) is 7.99. The van der Waals surface area contributed by atoms with E-state index in [2.05, 4.69) is 4.90 Å². The molecule has 0 amide bonds. The molecular formula is C18H28N2O5. The predicted molar refractivity (Wildman–Crippen MR) is 94.7 cm³/mol. The number of aliphatic hydroxyl groups excluding tert-OH is 2. The van der Waals surface area contributed by atoms with E-state index in [1.807, 2.05) is 27.7 Å². The average Bonchev–Trinajstić information content (AvgIpc) is 2.48. The molecule has 1 fully saturated rings. The van der Waals surface area contributed by atoms with Crippen molar-refractivity contribution in [2.24, 2.45) is 0 Å². The monoisotopic (exact) mass is 352 g/mol. The molecule has 7 heteroatoms. The lowest BCUT2D eigenvalue weighted by Crippen LogP contribution is -2.63. The third-order valence-corrected chi connectivity index (χ3v) is 4.82. The second-order valence-electron chi connectivity index (χ2n) is 7.99. The summed E-state index contributed by atoms with van der Waals surface area (Å²) in [5, 5.41) is 31.5. The molecule has 0 spiro atoms. The van der Waals surface area contributed by atoms with Gasteiger partial charge in [0.05, 0.1) is 11.0 Å². The van der Waals surface area contributed by atoms with E-state index in [1.54, 1.807) is 12.1 Å². The third kappa shape index (κ3) is 4.68. The molecule has 140 valence electrons. The Morgan fingerprint density at radius 2 is 1.84 bits per heavy atom. The SMILES string of the molecule is CC1(C)CC(O)CC(C)(C)N1C[C@@H](O)COc1ccccc1[N+](=O)[O-]. The van der Waals surface area contributed by atoms with Crippen LogP contribution in [-0.2, 0) is 0 Å². The zero-order chi connectivity index (χ0) is 18.8. The molecule has 1 aliphatic rings.